The summed E-state index contributed by atoms with van der Waals surface area (Å²) >= 11 is 0. The molecule has 0 aliphatic rings. The number of nitrogens with zero attached hydrogens (tertiary/aromatic N) is 5. The van der Waals surface area contributed by atoms with Crippen LogP contribution in [0.25, 0.3) is 22.0 Å². The largest absolute Gasteiger partial charge is 0.469 e. The van der Waals surface area contributed by atoms with Gasteiger partial charge < -0.3 is 23.9 Å². The molecule has 0 aliphatic carbocycles. The van der Waals surface area contributed by atoms with Crippen molar-refractivity contribution in [2.45, 2.75) is 26.3 Å². The molecule has 222 valence electrons. The molecule has 0 spiro atoms. The first-order valence-electron chi connectivity index (χ1n) is 13.6. The van der Waals surface area contributed by atoms with Crippen LogP contribution in [-0.2, 0) is 21.3 Å². The van der Waals surface area contributed by atoms with E-state index in [1.807, 2.05) is 36.7 Å². The smallest absolute Gasteiger partial charge is 0.412 e. The van der Waals surface area contributed by atoms with E-state index in [2.05, 4.69) is 20.8 Å². The highest BCUT2D eigenvalue weighted by molar-refractivity contribution is 6.07. The van der Waals surface area contributed by atoms with E-state index in [1.165, 1.54) is 12.0 Å². The molecule has 1 unspecified atom stereocenters. The topological polar surface area (TPSA) is 154 Å². The highest BCUT2D eigenvalue weighted by atomic mass is 16.5. The number of anilines is 3. The number of hydrogen-bond donors (Lipinski definition) is 2. The van der Waals surface area contributed by atoms with Gasteiger partial charge in [-0.25, -0.2) is 14.8 Å². The molecule has 13 heteroatoms. The van der Waals surface area contributed by atoms with Gasteiger partial charge in [-0.1, -0.05) is 11.2 Å². The number of imidazole rings is 1. The molecule has 13 nitrogen and oxygen atoms in total. The Morgan fingerprint density at radius 3 is 2.70 bits per heavy atom. The summed E-state index contributed by atoms with van der Waals surface area (Å²) in [6.45, 7) is 4.03. The van der Waals surface area contributed by atoms with Crippen molar-refractivity contribution < 1.29 is 28.4 Å². The van der Waals surface area contributed by atoms with Gasteiger partial charge in [0.1, 0.15) is 11.6 Å². The molecular weight excluding hydrogens is 554 g/mol. The quantitative estimate of drug-likeness (QED) is 0.213. The molecule has 0 saturated carbocycles. The molecule has 2 aromatic carbocycles. The lowest BCUT2D eigenvalue weighted by molar-refractivity contribution is -0.140. The molecule has 0 aliphatic heterocycles. The molecule has 1 atom stereocenters. The Balaban J connectivity index is 1.38. The predicted molar refractivity (Wildman–Crippen MR) is 160 cm³/mol. The van der Waals surface area contributed by atoms with Crippen LogP contribution in [0.2, 0.25) is 0 Å². The summed E-state index contributed by atoms with van der Waals surface area (Å²) in [4.78, 5) is 47.9. The van der Waals surface area contributed by atoms with E-state index < -0.39 is 12.1 Å². The number of hydrogen-bond acceptors (Lipinski definition) is 10. The number of amides is 2. The van der Waals surface area contributed by atoms with Crippen molar-refractivity contribution >= 4 is 57.3 Å². The normalized spacial score (nSPS) is 11.7. The van der Waals surface area contributed by atoms with Crippen LogP contribution in [0.5, 0.6) is 0 Å². The molecule has 3 heterocycles. The van der Waals surface area contributed by atoms with Gasteiger partial charge >= 0.3 is 12.1 Å². The lowest BCUT2D eigenvalue weighted by atomic mass is 10.1. The lowest BCUT2D eigenvalue weighted by Gasteiger charge is -2.21. The van der Waals surface area contributed by atoms with Gasteiger partial charge in [-0.15, -0.1) is 0 Å². The Morgan fingerprint density at radius 2 is 1.95 bits per heavy atom. The summed E-state index contributed by atoms with van der Waals surface area (Å²) in [5.74, 6) is 0.700. The molecule has 2 N–H and O–H groups in total. The van der Waals surface area contributed by atoms with Crippen molar-refractivity contribution in [3.63, 3.8) is 0 Å². The Hall–Kier alpha value is -5.46. The van der Waals surface area contributed by atoms with E-state index >= 15 is 0 Å². The van der Waals surface area contributed by atoms with E-state index in [9.17, 15) is 14.4 Å². The number of benzene rings is 2. The third-order valence-corrected chi connectivity index (χ3v) is 6.84. The van der Waals surface area contributed by atoms with Gasteiger partial charge in [0.25, 0.3) is 5.91 Å². The van der Waals surface area contributed by atoms with Gasteiger partial charge in [-0.3, -0.25) is 19.8 Å². The first kappa shape index (κ1) is 29.0. The number of ether oxygens (including phenoxy) is 2. The second kappa shape index (κ2) is 12.6. The minimum absolute atomic E-state index is 0.0268. The number of nitrogens with one attached hydrogen (secondary N) is 2. The van der Waals surface area contributed by atoms with Crippen molar-refractivity contribution in [1.29, 1.82) is 0 Å². The van der Waals surface area contributed by atoms with E-state index in [0.717, 1.165) is 17.0 Å². The van der Waals surface area contributed by atoms with Gasteiger partial charge in [0.2, 0.25) is 0 Å². The average molecular weight is 586 g/mol. The first-order valence-corrected chi connectivity index (χ1v) is 13.6. The molecule has 0 saturated heterocycles. The van der Waals surface area contributed by atoms with E-state index in [0.29, 0.717) is 27.9 Å². The van der Waals surface area contributed by atoms with Crippen molar-refractivity contribution in [2.75, 3.05) is 35.8 Å². The Bertz CT molecular complexity index is 1780. The number of esters is 1. The van der Waals surface area contributed by atoms with Crippen LogP contribution in [0.15, 0.2) is 65.3 Å². The molecule has 3 aromatic heterocycles. The zero-order valence-corrected chi connectivity index (χ0v) is 24.2. The second-order valence-corrected chi connectivity index (χ2v) is 9.66. The van der Waals surface area contributed by atoms with Gasteiger partial charge in [-0.05, 0) is 62.4 Å². The van der Waals surface area contributed by atoms with Crippen LogP contribution in [0.1, 0.15) is 42.5 Å². The summed E-state index contributed by atoms with van der Waals surface area (Å²) in [7, 11) is 3.22. The van der Waals surface area contributed by atoms with E-state index in [-0.39, 0.29) is 37.3 Å². The van der Waals surface area contributed by atoms with Crippen LogP contribution in [0.3, 0.4) is 0 Å². The van der Waals surface area contributed by atoms with Gasteiger partial charge in [0.15, 0.2) is 11.4 Å². The Morgan fingerprint density at radius 1 is 1.12 bits per heavy atom. The predicted octanol–water partition coefficient (Wildman–Crippen LogP) is 5.06. The highest BCUT2D eigenvalue weighted by Gasteiger charge is 2.22. The summed E-state index contributed by atoms with van der Waals surface area (Å²) in [5.41, 5.74) is 3.16. The van der Waals surface area contributed by atoms with Gasteiger partial charge in [-0.2, -0.15) is 0 Å². The molecule has 0 bridgehead atoms. The maximum Gasteiger partial charge on any atom is 0.412 e. The fourth-order valence-corrected chi connectivity index (χ4v) is 4.73. The Labute approximate surface area is 246 Å². The van der Waals surface area contributed by atoms with E-state index in [4.69, 9.17) is 19.0 Å². The average Bonchev–Trinajstić information content (AvgIpc) is 3.57. The number of fused-ring (bicyclic) bond motifs is 2. The maximum atomic E-state index is 13.6. The number of pyridine rings is 1. The van der Waals surface area contributed by atoms with Crippen molar-refractivity contribution in [1.82, 2.24) is 19.7 Å². The summed E-state index contributed by atoms with van der Waals surface area (Å²) in [6, 6.07) is 15.8. The fourth-order valence-electron chi connectivity index (χ4n) is 4.73. The number of carbonyl (C=O) groups is 3. The second-order valence-electron chi connectivity index (χ2n) is 9.66. The number of aryl methyl sites for hydroxylation is 1. The summed E-state index contributed by atoms with van der Waals surface area (Å²) in [5, 5.41) is 10.6. The molecule has 5 aromatic rings. The van der Waals surface area contributed by atoms with Gasteiger partial charge in [0.05, 0.1) is 42.6 Å². The lowest BCUT2D eigenvalue weighted by Crippen LogP contribution is -2.33. The number of aromatic nitrogens is 4. The SMILES string of the molecule is CCOC(=O)Nc1noc2ccc(NC(C)c3nc4cc(C(=O)N(CCC(=O)OC)c5ccccn5)ccc4n3C)cc12. The molecular formula is C30H31N7O6. The van der Waals surface area contributed by atoms with Crippen LogP contribution in [0.4, 0.5) is 22.1 Å². The zero-order valence-electron chi connectivity index (χ0n) is 24.2. The highest BCUT2D eigenvalue weighted by Crippen LogP contribution is 2.29. The third kappa shape index (κ3) is 6.25. The minimum atomic E-state index is -0.617. The number of methoxy groups -OCH3 is 1. The fraction of sp³-hybridized carbons (Fsp3) is 0.267. The molecule has 43 heavy (non-hydrogen) atoms. The standard InChI is InChI=1S/C30H31N7O6/c1-5-42-30(40)34-27-21-17-20(10-12-24(21)43-35-27)32-18(2)28-33-22-16-19(9-11-23(22)36(28)3)29(39)37(15-13-26(38)41-4)25-8-6-7-14-31-25/h6-12,14,16-18,32H,5,13,15H2,1-4H3,(H,34,35,40). The monoisotopic (exact) mass is 585 g/mol. The minimum Gasteiger partial charge on any atom is -0.469 e. The van der Waals surface area contributed by atoms with Crippen molar-refractivity contribution in [3.8, 4) is 0 Å². The third-order valence-electron chi connectivity index (χ3n) is 6.84. The molecule has 2 amide bonds. The Kier molecular flexibility index (Phi) is 8.51. The summed E-state index contributed by atoms with van der Waals surface area (Å²) < 4.78 is 17.0. The summed E-state index contributed by atoms with van der Waals surface area (Å²) in [6.07, 6.45) is 1.00. The van der Waals surface area contributed by atoms with Crippen LogP contribution < -0.4 is 15.5 Å². The zero-order chi connectivity index (χ0) is 30.5. The van der Waals surface area contributed by atoms with Crippen molar-refractivity contribution in [3.05, 3.63) is 72.2 Å². The van der Waals surface area contributed by atoms with Crippen LogP contribution in [-0.4, -0.2) is 57.9 Å². The molecule has 0 radical (unpaired) electrons. The molecule has 5 rings (SSSR count). The number of rotatable bonds is 10. The maximum absolute atomic E-state index is 13.6. The molecule has 0 fully saturated rings. The van der Waals surface area contributed by atoms with E-state index in [1.54, 1.807) is 49.5 Å². The first-order chi connectivity index (χ1) is 20.8. The van der Waals surface area contributed by atoms with Crippen LogP contribution >= 0.6 is 0 Å². The van der Waals surface area contributed by atoms with Crippen LogP contribution in [0, 0.1) is 0 Å². The van der Waals surface area contributed by atoms with Crippen molar-refractivity contribution in [2.24, 2.45) is 7.05 Å². The number of carbonyl (C=O) groups excluding carboxylic acids is 3. The van der Waals surface area contributed by atoms with Gasteiger partial charge in [0, 0.05) is 31.0 Å².